The molecule has 2 atom stereocenters. The Labute approximate surface area is 237 Å². The van der Waals surface area contributed by atoms with Crippen LogP contribution in [0.25, 0.3) is 22.2 Å². The third kappa shape index (κ3) is 5.64. The molecular weight excluding hydrogens is 523 g/mol. The van der Waals surface area contributed by atoms with E-state index in [9.17, 15) is 15.2 Å². The van der Waals surface area contributed by atoms with Gasteiger partial charge in [-0.15, -0.1) is 0 Å². The Bertz CT molecular complexity index is 1710. The lowest BCUT2D eigenvalue weighted by molar-refractivity contribution is -0.0136. The SMILES string of the molecule is Cc1ccc(C#N)cc1NCc1c(C)c(=O)c2ccc(-c3nc(N[C@@H]4CCOC[C@H]4O)ncc3F)cc2n1C(C)C. The van der Waals surface area contributed by atoms with Crippen molar-refractivity contribution in [3.05, 3.63) is 81.0 Å². The van der Waals surface area contributed by atoms with Crippen LogP contribution in [0.3, 0.4) is 0 Å². The molecule has 41 heavy (non-hydrogen) atoms. The minimum absolute atomic E-state index is 0.0159. The van der Waals surface area contributed by atoms with E-state index in [1.807, 2.05) is 33.8 Å². The summed E-state index contributed by atoms with van der Waals surface area (Å²) in [4.78, 5) is 22.0. The van der Waals surface area contributed by atoms with Crippen molar-refractivity contribution in [2.45, 2.75) is 58.8 Å². The summed E-state index contributed by atoms with van der Waals surface area (Å²) < 4.78 is 22.4. The smallest absolute Gasteiger partial charge is 0.223 e. The number of rotatable bonds is 7. The van der Waals surface area contributed by atoms with E-state index in [0.717, 1.165) is 23.1 Å². The Morgan fingerprint density at radius 1 is 1.24 bits per heavy atom. The molecule has 4 aromatic rings. The average Bonchev–Trinajstić information content (AvgIpc) is 2.96. The highest BCUT2D eigenvalue weighted by atomic mass is 19.1. The molecule has 1 aliphatic rings. The number of nitriles is 1. The lowest BCUT2D eigenvalue weighted by Gasteiger charge is -2.28. The minimum Gasteiger partial charge on any atom is -0.389 e. The Kier molecular flexibility index (Phi) is 8.01. The standard InChI is InChI=1S/C31H33FN6O3/c1-17(2)38-26-12-21(29-23(32)14-35-31(37-29)36-24-9-10-41-16-28(24)39)7-8-22(26)30(40)19(4)27(38)15-34-25-11-20(13-33)6-5-18(25)3/h5-8,11-12,14,17,24,28,34,39H,9-10,15-16H2,1-4H3,(H,35,36,37)/t24-,28-/m1/s1. The van der Waals surface area contributed by atoms with Gasteiger partial charge in [0.1, 0.15) is 5.69 Å². The van der Waals surface area contributed by atoms with E-state index in [-0.39, 0.29) is 35.8 Å². The van der Waals surface area contributed by atoms with Crippen molar-refractivity contribution in [2.24, 2.45) is 0 Å². The zero-order valence-corrected chi connectivity index (χ0v) is 23.5. The molecule has 1 fully saturated rings. The Morgan fingerprint density at radius 3 is 2.78 bits per heavy atom. The van der Waals surface area contributed by atoms with Crippen molar-refractivity contribution in [3.63, 3.8) is 0 Å². The fourth-order valence-electron chi connectivity index (χ4n) is 5.29. The van der Waals surface area contributed by atoms with Gasteiger partial charge in [-0.1, -0.05) is 12.1 Å². The maximum Gasteiger partial charge on any atom is 0.223 e. The fourth-order valence-corrected chi connectivity index (χ4v) is 5.29. The number of benzene rings is 2. The zero-order chi connectivity index (χ0) is 29.3. The number of ether oxygens (including phenoxy) is 1. The van der Waals surface area contributed by atoms with Crippen LogP contribution in [0.2, 0.25) is 0 Å². The molecule has 0 amide bonds. The molecule has 0 unspecified atom stereocenters. The lowest BCUT2D eigenvalue weighted by atomic mass is 10.0. The largest absolute Gasteiger partial charge is 0.389 e. The summed E-state index contributed by atoms with van der Waals surface area (Å²) in [6, 6.07) is 12.5. The number of aliphatic hydroxyl groups excluding tert-OH is 1. The number of nitrogens with one attached hydrogen (secondary N) is 2. The first-order valence-electron chi connectivity index (χ1n) is 13.7. The van der Waals surface area contributed by atoms with Crippen molar-refractivity contribution in [1.29, 1.82) is 5.26 Å². The second kappa shape index (κ2) is 11.6. The van der Waals surface area contributed by atoms with Gasteiger partial charge in [0.2, 0.25) is 5.95 Å². The molecule has 3 heterocycles. The highest BCUT2D eigenvalue weighted by Crippen LogP contribution is 2.29. The molecule has 10 heteroatoms. The van der Waals surface area contributed by atoms with Gasteiger partial charge in [0.15, 0.2) is 11.2 Å². The van der Waals surface area contributed by atoms with Crippen LogP contribution in [0.15, 0.2) is 47.4 Å². The van der Waals surface area contributed by atoms with Crippen LogP contribution >= 0.6 is 0 Å². The Balaban J connectivity index is 1.57. The molecule has 2 aromatic carbocycles. The van der Waals surface area contributed by atoms with E-state index in [1.54, 1.807) is 30.3 Å². The van der Waals surface area contributed by atoms with E-state index < -0.39 is 11.9 Å². The molecule has 9 nitrogen and oxygen atoms in total. The monoisotopic (exact) mass is 556 g/mol. The van der Waals surface area contributed by atoms with E-state index in [2.05, 4.69) is 31.2 Å². The number of hydrogen-bond acceptors (Lipinski definition) is 8. The maximum absolute atomic E-state index is 15.1. The van der Waals surface area contributed by atoms with Crippen molar-refractivity contribution in [2.75, 3.05) is 23.8 Å². The number of nitrogens with zero attached hydrogens (tertiary/aromatic N) is 4. The quantitative estimate of drug-likeness (QED) is 0.295. The molecule has 5 rings (SSSR count). The summed E-state index contributed by atoms with van der Waals surface area (Å²) in [5, 5.41) is 26.6. The molecular formula is C31H33FN6O3. The van der Waals surface area contributed by atoms with Crippen LogP contribution in [0.4, 0.5) is 16.0 Å². The van der Waals surface area contributed by atoms with Gasteiger partial charge in [0.25, 0.3) is 0 Å². The number of halogens is 1. The molecule has 0 saturated carbocycles. The molecule has 2 aromatic heterocycles. The van der Waals surface area contributed by atoms with Crippen LogP contribution in [0.1, 0.15) is 48.7 Å². The van der Waals surface area contributed by atoms with Gasteiger partial charge in [-0.2, -0.15) is 5.26 Å². The number of fused-ring (bicyclic) bond motifs is 1. The summed E-state index contributed by atoms with van der Waals surface area (Å²) in [6.45, 7) is 8.92. The van der Waals surface area contributed by atoms with Crippen LogP contribution in [0.5, 0.6) is 0 Å². The second-order valence-electron chi connectivity index (χ2n) is 10.7. The number of hydrogen-bond donors (Lipinski definition) is 3. The highest BCUT2D eigenvalue weighted by Gasteiger charge is 2.25. The summed E-state index contributed by atoms with van der Waals surface area (Å²) >= 11 is 0. The first-order valence-corrected chi connectivity index (χ1v) is 13.7. The molecule has 212 valence electrons. The first kappa shape index (κ1) is 28.2. The normalized spacial score (nSPS) is 17.0. The second-order valence-corrected chi connectivity index (χ2v) is 10.7. The van der Waals surface area contributed by atoms with Gasteiger partial charge in [-0.3, -0.25) is 4.79 Å². The van der Waals surface area contributed by atoms with Crippen LogP contribution in [0, 0.1) is 31.0 Å². The number of anilines is 2. The highest BCUT2D eigenvalue weighted by molar-refractivity contribution is 5.85. The minimum atomic E-state index is -0.719. The number of pyridine rings is 1. The number of aryl methyl sites for hydroxylation is 1. The van der Waals surface area contributed by atoms with Gasteiger partial charge in [-0.25, -0.2) is 14.4 Å². The summed E-state index contributed by atoms with van der Waals surface area (Å²) in [7, 11) is 0. The van der Waals surface area contributed by atoms with Crippen molar-refractivity contribution in [1.82, 2.24) is 14.5 Å². The summed E-state index contributed by atoms with van der Waals surface area (Å²) in [5.74, 6) is -0.389. The van der Waals surface area contributed by atoms with Crippen LogP contribution in [-0.2, 0) is 11.3 Å². The summed E-state index contributed by atoms with van der Waals surface area (Å²) in [5.41, 5.74) is 4.94. The molecule has 0 radical (unpaired) electrons. The van der Waals surface area contributed by atoms with Gasteiger partial charge in [0, 0.05) is 40.5 Å². The van der Waals surface area contributed by atoms with Gasteiger partial charge < -0.3 is 25.0 Å². The molecule has 1 aliphatic heterocycles. The van der Waals surface area contributed by atoms with Crippen LogP contribution < -0.4 is 16.1 Å². The fraction of sp³-hybridized carbons (Fsp3) is 0.355. The predicted octanol–water partition coefficient (Wildman–Crippen LogP) is 4.84. The van der Waals surface area contributed by atoms with Crippen molar-refractivity contribution >= 4 is 22.5 Å². The van der Waals surface area contributed by atoms with E-state index in [0.29, 0.717) is 47.2 Å². The first-order chi connectivity index (χ1) is 19.7. The molecule has 3 N–H and O–H groups in total. The van der Waals surface area contributed by atoms with Gasteiger partial charge in [-0.05, 0) is 63.9 Å². The predicted molar refractivity (Wildman–Crippen MR) is 156 cm³/mol. The average molecular weight is 557 g/mol. The molecule has 0 bridgehead atoms. The van der Waals surface area contributed by atoms with Gasteiger partial charge in [0.05, 0.1) is 48.6 Å². The van der Waals surface area contributed by atoms with Gasteiger partial charge >= 0.3 is 0 Å². The Morgan fingerprint density at radius 2 is 2.05 bits per heavy atom. The van der Waals surface area contributed by atoms with Crippen molar-refractivity contribution < 1.29 is 14.2 Å². The zero-order valence-electron chi connectivity index (χ0n) is 23.5. The third-order valence-electron chi connectivity index (χ3n) is 7.55. The molecule has 0 aliphatic carbocycles. The van der Waals surface area contributed by atoms with Crippen molar-refractivity contribution in [3.8, 4) is 17.3 Å². The van der Waals surface area contributed by atoms with E-state index >= 15 is 4.39 Å². The maximum atomic E-state index is 15.1. The lowest BCUT2D eigenvalue weighted by Crippen LogP contribution is -2.42. The molecule has 0 spiro atoms. The van der Waals surface area contributed by atoms with Crippen LogP contribution in [-0.4, -0.2) is 45.0 Å². The number of aliphatic hydroxyl groups is 1. The van der Waals surface area contributed by atoms with E-state index in [1.165, 1.54) is 0 Å². The summed E-state index contributed by atoms with van der Waals surface area (Å²) in [6.07, 6.45) is 0.964. The third-order valence-corrected chi connectivity index (χ3v) is 7.55. The number of aromatic nitrogens is 3. The Hall–Kier alpha value is -4.33. The topological polar surface area (TPSA) is 125 Å². The van der Waals surface area contributed by atoms with E-state index in [4.69, 9.17) is 4.74 Å². The molecule has 1 saturated heterocycles.